The molecule has 0 amide bonds. The predicted octanol–water partition coefficient (Wildman–Crippen LogP) is 3.03. The fraction of sp³-hybridized carbons (Fsp3) is 0.440. The maximum Gasteiger partial charge on any atom is 0.330 e. The lowest BCUT2D eigenvalue weighted by Crippen LogP contribution is -2.31. The second kappa shape index (κ2) is 9.52. The topological polar surface area (TPSA) is 87.3 Å². The van der Waals surface area contributed by atoms with Gasteiger partial charge in [-0.2, -0.15) is 0 Å². The zero-order valence-corrected chi connectivity index (χ0v) is 19.9. The van der Waals surface area contributed by atoms with Crippen LogP contribution in [0.4, 0.5) is 0 Å². The van der Waals surface area contributed by atoms with E-state index in [4.69, 9.17) is 9.47 Å². The van der Waals surface area contributed by atoms with Gasteiger partial charge in [-0.05, 0) is 57.1 Å². The van der Waals surface area contributed by atoms with Crippen molar-refractivity contribution in [3.63, 3.8) is 0 Å². The largest absolute Gasteiger partial charge is 0.478 e. The number of ether oxygens (including phenoxy) is 2. The van der Waals surface area contributed by atoms with E-state index in [-0.39, 0.29) is 11.7 Å². The third-order valence-electron chi connectivity index (χ3n) is 6.34. The van der Waals surface area contributed by atoms with Crippen LogP contribution in [0.1, 0.15) is 25.3 Å². The average molecular weight is 463 g/mol. The lowest BCUT2D eigenvalue weighted by molar-refractivity contribution is 0.0593. The summed E-state index contributed by atoms with van der Waals surface area (Å²) in [5.41, 5.74) is 4.02. The number of aryl methyl sites for hydroxylation is 1. The predicted molar refractivity (Wildman–Crippen MR) is 131 cm³/mol. The SMILES string of the molecule is CN(C)CCCOc1ccc(-c2ccc3nnc4c(c3c2)n([C@H]2CCCOC2)c(=O)n4C)cn1. The molecule has 0 saturated carbocycles. The van der Waals surface area contributed by atoms with Crippen LogP contribution in [0.2, 0.25) is 0 Å². The van der Waals surface area contributed by atoms with E-state index in [0.717, 1.165) is 60.0 Å². The molecule has 5 rings (SSSR count). The van der Waals surface area contributed by atoms with Crippen LogP contribution in [0.5, 0.6) is 5.88 Å². The molecule has 3 aromatic heterocycles. The van der Waals surface area contributed by atoms with Crippen molar-refractivity contribution < 1.29 is 9.47 Å². The van der Waals surface area contributed by atoms with Gasteiger partial charge in [0, 0.05) is 43.4 Å². The van der Waals surface area contributed by atoms with Crippen molar-refractivity contribution in [2.75, 3.05) is 40.5 Å². The molecule has 1 aliphatic rings. The molecule has 0 aliphatic carbocycles. The Bertz CT molecular complexity index is 1350. The summed E-state index contributed by atoms with van der Waals surface area (Å²) in [5.74, 6) is 0.616. The summed E-state index contributed by atoms with van der Waals surface area (Å²) in [6.07, 6.45) is 4.61. The van der Waals surface area contributed by atoms with Gasteiger partial charge in [-0.15, -0.1) is 10.2 Å². The molecule has 178 valence electrons. The number of rotatable bonds is 7. The smallest absolute Gasteiger partial charge is 0.330 e. The Hall–Kier alpha value is -3.30. The van der Waals surface area contributed by atoms with Gasteiger partial charge in [0.2, 0.25) is 5.88 Å². The quantitative estimate of drug-likeness (QED) is 0.390. The summed E-state index contributed by atoms with van der Waals surface area (Å²) >= 11 is 0. The van der Waals surface area contributed by atoms with Gasteiger partial charge in [0.25, 0.3) is 0 Å². The summed E-state index contributed by atoms with van der Waals surface area (Å²) in [5, 5.41) is 9.64. The lowest BCUT2D eigenvalue weighted by atomic mass is 10.0. The van der Waals surface area contributed by atoms with Crippen LogP contribution in [0.15, 0.2) is 41.3 Å². The fourth-order valence-corrected chi connectivity index (χ4v) is 4.53. The van der Waals surface area contributed by atoms with Gasteiger partial charge in [0.15, 0.2) is 5.65 Å². The van der Waals surface area contributed by atoms with E-state index < -0.39 is 0 Å². The molecule has 4 heterocycles. The van der Waals surface area contributed by atoms with Crippen molar-refractivity contribution in [3.05, 3.63) is 47.0 Å². The number of fused-ring (bicyclic) bond motifs is 3. The van der Waals surface area contributed by atoms with E-state index in [0.29, 0.717) is 24.7 Å². The van der Waals surface area contributed by atoms with Crippen molar-refractivity contribution in [1.29, 1.82) is 0 Å². The molecule has 0 bridgehead atoms. The second-order valence-corrected chi connectivity index (χ2v) is 9.08. The Morgan fingerprint density at radius 2 is 2.03 bits per heavy atom. The highest BCUT2D eigenvalue weighted by Crippen LogP contribution is 2.30. The summed E-state index contributed by atoms with van der Waals surface area (Å²) in [7, 11) is 5.84. The van der Waals surface area contributed by atoms with E-state index >= 15 is 0 Å². The van der Waals surface area contributed by atoms with Crippen LogP contribution in [0.3, 0.4) is 0 Å². The Morgan fingerprint density at radius 3 is 2.76 bits per heavy atom. The normalized spacial score (nSPS) is 16.5. The van der Waals surface area contributed by atoms with Gasteiger partial charge in [-0.1, -0.05) is 6.07 Å². The number of pyridine rings is 1. The van der Waals surface area contributed by atoms with Crippen molar-refractivity contribution in [2.45, 2.75) is 25.3 Å². The van der Waals surface area contributed by atoms with E-state index in [2.05, 4.69) is 26.1 Å². The van der Waals surface area contributed by atoms with E-state index in [1.807, 2.05) is 49.1 Å². The number of hydrogen-bond acceptors (Lipinski definition) is 7. The second-order valence-electron chi connectivity index (χ2n) is 9.08. The monoisotopic (exact) mass is 462 g/mol. The summed E-state index contributed by atoms with van der Waals surface area (Å²) < 4.78 is 14.9. The highest BCUT2D eigenvalue weighted by molar-refractivity contribution is 6.02. The van der Waals surface area contributed by atoms with Crippen LogP contribution in [-0.2, 0) is 11.8 Å². The number of imidazole rings is 1. The summed E-state index contributed by atoms with van der Waals surface area (Å²) in [4.78, 5) is 19.8. The van der Waals surface area contributed by atoms with Crippen molar-refractivity contribution in [3.8, 4) is 17.0 Å². The van der Waals surface area contributed by atoms with Crippen molar-refractivity contribution in [1.82, 2.24) is 29.2 Å². The highest BCUT2D eigenvalue weighted by Gasteiger charge is 2.24. The standard InChI is InChI=1S/C25H30N6O3/c1-29(2)11-5-13-34-22-10-8-18(15-26-22)17-7-9-21-20(14-17)23-24(28-27-21)30(3)25(32)31(23)19-6-4-12-33-16-19/h7-10,14-15,19H,4-6,11-13,16H2,1-3H3/t19-/m0/s1. The van der Waals surface area contributed by atoms with E-state index in [9.17, 15) is 4.79 Å². The third kappa shape index (κ3) is 4.28. The first-order valence-electron chi connectivity index (χ1n) is 11.7. The zero-order chi connectivity index (χ0) is 23.7. The number of aromatic nitrogens is 5. The Balaban J connectivity index is 1.51. The van der Waals surface area contributed by atoms with Crippen molar-refractivity contribution in [2.24, 2.45) is 7.05 Å². The average Bonchev–Trinajstić information content (AvgIpc) is 3.12. The van der Waals surface area contributed by atoms with Gasteiger partial charge in [-0.25, -0.2) is 9.78 Å². The molecule has 1 aliphatic heterocycles. The van der Waals surface area contributed by atoms with Gasteiger partial charge in [0.05, 0.1) is 24.8 Å². The van der Waals surface area contributed by atoms with Gasteiger partial charge >= 0.3 is 5.69 Å². The number of hydrogen-bond donors (Lipinski definition) is 0. The zero-order valence-electron chi connectivity index (χ0n) is 19.9. The molecule has 1 atom stereocenters. The molecule has 34 heavy (non-hydrogen) atoms. The molecule has 9 nitrogen and oxygen atoms in total. The molecule has 1 fully saturated rings. The Morgan fingerprint density at radius 1 is 1.18 bits per heavy atom. The van der Waals surface area contributed by atoms with Crippen LogP contribution in [0, 0.1) is 0 Å². The Kier molecular flexibility index (Phi) is 6.30. The molecule has 0 spiro atoms. The van der Waals surface area contributed by atoms with Crippen LogP contribution >= 0.6 is 0 Å². The van der Waals surface area contributed by atoms with Gasteiger partial charge in [-0.3, -0.25) is 9.13 Å². The van der Waals surface area contributed by atoms with Gasteiger partial charge in [0.1, 0.15) is 5.52 Å². The molecular formula is C25H30N6O3. The molecule has 1 aromatic carbocycles. The van der Waals surface area contributed by atoms with Gasteiger partial charge < -0.3 is 14.4 Å². The minimum atomic E-state index is -0.0878. The third-order valence-corrected chi connectivity index (χ3v) is 6.34. The first-order valence-corrected chi connectivity index (χ1v) is 11.7. The molecule has 0 unspecified atom stereocenters. The first kappa shape index (κ1) is 22.5. The molecule has 0 N–H and O–H groups in total. The summed E-state index contributed by atoms with van der Waals surface area (Å²) in [6, 6.07) is 9.92. The highest BCUT2D eigenvalue weighted by atomic mass is 16.5. The van der Waals surface area contributed by atoms with Crippen LogP contribution in [-0.4, -0.2) is 69.7 Å². The first-order chi connectivity index (χ1) is 16.5. The van der Waals surface area contributed by atoms with Crippen LogP contribution in [0.25, 0.3) is 33.2 Å². The fourth-order valence-electron chi connectivity index (χ4n) is 4.53. The number of benzene rings is 1. The van der Waals surface area contributed by atoms with E-state index in [1.165, 1.54) is 0 Å². The summed E-state index contributed by atoms with van der Waals surface area (Å²) in [6.45, 7) is 2.88. The molecular weight excluding hydrogens is 432 g/mol. The molecule has 4 aromatic rings. The maximum atomic E-state index is 13.1. The molecule has 9 heteroatoms. The number of nitrogens with zero attached hydrogens (tertiary/aromatic N) is 6. The lowest BCUT2D eigenvalue weighted by Gasteiger charge is -2.23. The minimum absolute atomic E-state index is 0.00778. The Labute approximate surface area is 197 Å². The van der Waals surface area contributed by atoms with Crippen molar-refractivity contribution >= 4 is 22.1 Å². The minimum Gasteiger partial charge on any atom is -0.478 e. The van der Waals surface area contributed by atoms with E-state index in [1.54, 1.807) is 11.6 Å². The molecule has 0 radical (unpaired) electrons. The maximum absolute atomic E-state index is 13.1. The molecule has 1 saturated heterocycles. The van der Waals surface area contributed by atoms with Crippen LogP contribution < -0.4 is 10.4 Å².